The second-order valence-corrected chi connectivity index (χ2v) is 3.32. The third-order valence-electron chi connectivity index (χ3n) is 2.31. The van der Waals surface area contributed by atoms with Gasteiger partial charge in [0.05, 0.1) is 13.0 Å². The number of ether oxygens (including phenoxy) is 1. The summed E-state index contributed by atoms with van der Waals surface area (Å²) in [6.45, 7) is 1.79. The maximum Gasteiger partial charge on any atom is 0.314 e. The van der Waals surface area contributed by atoms with Gasteiger partial charge in [-0.3, -0.25) is 4.79 Å². The van der Waals surface area contributed by atoms with Crippen molar-refractivity contribution in [2.45, 2.75) is 12.8 Å². The highest BCUT2D eigenvalue weighted by molar-refractivity contribution is 5.78. The molecule has 0 saturated heterocycles. The van der Waals surface area contributed by atoms with Crippen molar-refractivity contribution in [1.29, 1.82) is 0 Å². The van der Waals surface area contributed by atoms with Crippen molar-refractivity contribution in [2.75, 3.05) is 13.7 Å². The average Bonchev–Trinajstić information content (AvgIpc) is 2.24. The van der Waals surface area contributed by atoms with E-state index in [-0.39, 0.29) is 12.4 Å². The fourth-order valence-corrected chi connectivity index (χ4v) is 1.40. The van der Waals surface area contributed by atoms with Crippen LogP contribution in [-0.2, 0) is 9.53 Å². The molecular formula is C11H14FNO2. The number of carbonyl (C=O) groups is 1. The summed E-state index contributed by atoms with van der Waals surface area (Å²) in [5, 5.41) is 0. The van der Waals surface area contributed by atoms with E-state index < -0.39 is 11.9 Å². The molecule has 1 aromatic rings. The Morgan fingerprint density at radius 3 is 2.73 bits per heavy atom. The second kappa shape index (κ2) is 4.89. The molecule has 2 N–H and O–H groups in total. The molecule has 82 valence electrons. The Kier molecular flexibility index (Phi) is 3.80. The molecule has 1 unspecified atom stereocenters. The first-order valence-corrected chi connectivity index (χ1v) is 4.64. The van der Waals surface area contributed by atoms with E-state index >= 15 is 0 Å². The van der Waals surface area contributed by atoms with E-state index in [1.165, 1.54) is 13.2 Å². The van der Waals surface area contributed by atoms with Gasteiger partial charge in [-0.1, -0.05) is 12.1 Å². The van der Waals surface area contributed by atoms with Crippen molar-refractivity contribution in [3.05, 3.63) is 35.1 Å². The minimum Gasteiger partial charge on any atom is -0.469 e. The van der Waals surface area contributed by atoms with Gasteiger partial charge >= 0.3 is 5.97 Å². The predicted octanol–water partition coefficient (Wildman–Crippen LogP) is 1.35. The number of methoxy groups -OCH3 is 1. The zero-order chi connectivity index (χ0) is 11.4. The number of carbonyl (C=O) groups excluding carboxylic acids is 1. The van der Waals surface area contributed by atoms with Crippen LogP contribution in [0.5, 0.6) is 0 Å². The number of hydrogen-bond donors (Lipinski definition) is 1. The highest BCUT2D eigenvalue weighted by Crippen LogP contribution is 2.19. The van der Waals surface area contributed by atoms with Gasteiger partial charge in [-0.2, -0.15) is 0 Å². The third-order valence-corrected chi connectivity index (χ3v) is 2.31. The van der Waals surface area contributed by atoms with Gasteiger partial charge in [0.1, 0.15) is 5.82 Å². The van der Waals surface area contributed by atoms with Crippen molar-refractivity contribution in [3.8, 4) is 0 Å². The molecule has 15 heavy (non-hydrogen) atoms. The number of hydrogen-bond acceptors (Lipinski definition) is 3. The normalized spacial score (nSPS) is 12.3. The summed E-state index contributed by atoms with van der Waals surface area (Å²) in [4.78, 5) is 11.3. The SMILES string of the molecule is COC(=O)C(CN)c1ccc(F)c(C)c1. The molecule has 0 spiro atoms. The number of nitrogens with two attached hydrogens (primary N) is 1. The molecule has 0 saturated carbocycles. The first-order chi connectivity index (χ1) is 7.10. The average molecular weight is 211 g/mol. The standard InChI is InChI=1S/C11H14FNO2/c1-7-5-8(3-4-10(7)12)9(6-13)11(14)15-2/h3-5,9H,6,13H2,1-2H3. The van der Waals surface area contributed by atoms with Crippen LogP contribution in [0.3, 0.4) is 0 Å². The van der Waals surface area contributed by atoms with Crippen LogP contribution in [0.2, 0.25) is 0 Å². The van der Waals surface area contributed by atoms with Crippen molar-refractivity contribution in [2.24, 2.45) is 5.73 Å². The molecule has 0 radical (unpaired) electrons. The Morgan fingerprint density at radius 1 is 1.60 bits per heavy atom. The van der Waals surface area contributed by atoms with E-state index in [0.717, 1.165) is 0 Å². The summed E-state index contributed by atoms with van der Waals surface area (Å²) in [5.41, 5.74) is 6.65. The maximum atomic E-state index is 13.0. The lowest BCUT2D eigenvalue weighted by Crippen LogP contribution is -2.22. The zero-order valence-corrected chi connectivity index (χ0v) is 8.79. The molecule has 0 aromatic heterocycles. The first-order valence-electron chi connectivity index (χ1n) is 4.64. The first kappa shape index (κ1) is 11.7. The van der Waals surface area contributed by atoms with Crippen molar-refractivity contribution < 1.29 is 13.9 Å². The third kappa shape index (κ3) is 2.53. The van der Waals surface area contributed by atoms with E-state index in [9.17, 15) is 9.18 Å². The Morgan fingerprint density at radius 2 is 2.27 bits per heavy atom. The summed E-state index contributed by atoms with van der Waals surface area (Å²) in [6.07, 6.45) is 0. The van der Waals surface area contributed by atoms with E-state index in [0.29, 0.717) is 11.1 Å². The lowest BCUT2D eigenvalue weighted by atomic mass is 9.97. The second-order valence-electron chi connectivity index (χ2n) is 3.32. The number of benzene rings is 1. The van der Waals surface area contributed by atoms with Gasteiger partial charge in [0.25, 0.3) is 0 Å². The molecule has 0 aliphatic carbocycles. The minimum absolute atomic E-state index is 0.151. The zero-order valence-electron chi connectivity index (χ0n) is 8.79. The van der Waals surface area contributed by atoms with E-state index in [4.69, 9.17) is 5.73 Å². The molecule has 1 atom stereocenters. The molecule has 0 heterocycles. The number of aryl methyl sites for hydroxylation is 1. The predicted molar refractivity (Wildman–Crippen MR) is 54.9 cm³/mol. The maximum absolute atomic E-state index is 13.0. The molecule has 0 aliphatic heterocycles. The topological polar surface area (TPSA) is 52.3 Å². The van der Waals surface area contributed by atoms with Crippen LogP contribution in [-0.4, -0.2) is 19.6 Å². The van der Waals surface area contributed by atoms with Gasteiger partial charge in [0.2, 0.25) is 0 Å². The largest absolute Gasteiger partial charge is 0.469 e. The van der Waals surface area contributed by atoms with Gasteiger partial charge in [-0.25, -0.2) is 4.39 Å². The highest BCUT2D eigenvalue weighted by Gasteiger charge is 2.20. The minimum atomic E-state index is -0.519. The Balaban J connectivity index is 3.02. The van der Waals surface area contributed by atoms with Gasteiger partial charge in [0, 0.05) is 6.54 Å². The van der Waals surface area contributed by atoms with Crippen LogP contribution in [0.25, 0.3) is 0 Å². The van der Waals surface area contributed by atoms with Crippen LogP contribution < -0.4 is 5.73 Å². The van der Waals surface area contributed by atoms with Crippen molar-refractivity contribution in [1.82, 2.24) is 0 Å². The Hall–Kier alpha value is -1.42. The number of halogens is 1. The lowest BCUT2D eigenvalue weighted by Gasteiger charge is -2.13. The van der Waals surface area contributed by atoms with Crippen LogP contribution in [0.15, 0.2) is 18.2 Å². The van der Waals surface area contributed by atoms with Crippen LogP contribution >= 0.6 is 0 Å². The van der Waals surface area contributed by atoms with Gasteiger partial charge < -0.3 is 10.5 Å². The van der Waals surface area contributed by atoms with Gasteiger partial charge in [-0.05, 0) is 24.1 Å². The quantitative estimate of drug-likeness (QED) is 0.768. The summed E-state index contributed by atoms with van der Waals surface area (Å²) in [6, 6.07) is 4.50. The van der Waals surface area contributed by atoms with E-state index in [1.54, 1.807) is 19.1 Å². The van der Waals surface area contributed by atoms with Crippen LogP contribution in [0.4, 0.5) is 4.39 Å². The Labute approximate surface area is 88.0 Å². The smallest absolute Gasteiger partial charge is 0.314 e. The molecule has 1 rings (SSSR count). The summed E-state index contributed by atoms with van der Waals surface area (Å²) in [5.74, 6) is -1.21. The molecular weight excluding hydrogens is 197 g/mol. The van der Waals surface area contributed by atoms with E-state index in [1.807, 2.05) is 0 Å². The van der Waals surface area contributed by atoms with Crippen molar-refractivity contribution >= 4 is 5.97 Å². The highest BCUT2D eigenvalue weighted by atomic mass is 19.1. The molecule has 4 heteroatoms. The van der Waals surface area contributed by atoms with Crippen LogP contribution in [0, 0.1) is 12.7 Å². The fraction of sp³-hybridized carbons (Fsp3) is 0.364. The van der Waals surface area contributed by atoms with E-state index in [2.05, 4.69) is 4.74 Å². The number of esters is 1. The monoisotopic (exact) mass is 211 g/mol. The summed E-state index contributed by atoms with van der Waals surface area (Å²) < 4.78 is 17.6. The molecule has 0 amide bonds. The van der Waals surface area contributed by atoms with Gasteiger partial charge in [-0.15, -0.1) is 0 Å². The lowest BCUT2D eigenvalue weighted by molar-refractivity contribution is -0.142. The number of rotatable bonds is 3. The van der Waals surface area contributed by atoms with Gasteiger partial charge in [0.15, 0.2) is 0 Å². The summed E-state index contributed by atoms with van der Waals surface area (Å²) >= 11 is 0. The van der Waals surface area contributed by atoms with Crippen LogP contribution in [0.1, 0.15) is 17.0 Å². The molecule has 0 fully saturated rings. The molecule has 0 bridgehead atoms. The molecule has 0 aliphatic rings. The van der Waals surface area contributed by atoms with Crippen molar-refractivity contribution in [3.63, 3.8) is 0 Å². The Bertz CT molecular complexity index is 366. The fourth-order valence-electron chi connectivity index (χ4n) is 1.40. The summed E-state index contributed by atoms with van der Waals surface area (Å²) in [7, 11) is 1.31. The molecule has 3 nitrogen and oxygen atoms in total. The molecule has 1 aromatic carbocycles.